The zero-order chi connectivity index (χ0) is 24.4. The van der Waals surface area contributed by atoms with Gasteiger partial charge in [0.25, 0.3) is 11.8 Å². The molecule has 2 amide bonds. The second-order valence-corrected chi connectivity index (χ2v) is 9.34. The van der Waals surface area contributed by atoms with E-state index >= 15 is 0 Å². The van der Waals surface area contributed by atoms with E-state index in [1.807, 2.05) is 11.8 Å². The van der Waals surface area contributed by atoms with Gasteiger partial charge in [0.1, 0.15) is 22.6 Å². The van der Waals surface area contributed by atoms with Crippen LogP contribution >= 0.6 is 0 Å². The average Bonchev–Trinajstić information content (AvgIpc) is 3.57. The van der Waals surface area contributed by atoms with Crippen molar-refractivity contribution in [3.63, 3.8) is 0 Å². The Labute approximate surface area is 201 Å². The number of fused-ring (bicyclic) bond motifs is 4. The molecule has 2 aliphatic rings. The van der Waals surface area contributed by atoms with Gasteiger partial charge in [0.05, 0.1) is 29.5 Å². The number of benzene rings is 1. The van der Waals surface area contributed by atoms with Crippen LogP contribution in [-0.2, 0) is 0 Å². The van der Waals surface area contributed by atoms with Crippen LogP contribution in [0.2, 0.25) is 0 Å². The maximum absolute atomic E-state index is 13.5. The Balaban J connectivity index is 1.36. The third-order valence-corrected chi connectivity index (χ3v) is 7.38. The van der Waals surface area contributed by atoms with Gasteiger partial charge in [-0.3, -0.25) is 9.59 Å². The van der Waals surface area contributed by atoms with Crippen LogP contribution in [0, 0.1) is 13.8 Å². The lowest BCUT2D eigenvalue weighted by molar-refractivity contribution is 0.0664. The number of aliphatic hydroxyl groups excluding tert-OH is 1. The van der Waals surface area contributed by atoms with Gasteiger partial charge in [0, 0.05) is 36.8 Å². The van der Waals surface area contributed by atoms with Crippen LogP contribution in [0.5, 0.6) is 11.5 Å². The lowest BCUT2D eigenvalue weighted by Crippen LogP contribution is -2.37. The number of aromatic nitrogens is 2. The smallest absolute Gasteiger partial charge is 0.256 e. The third-order valence-electron chi connectivity index (χ3n) is 7.38. The highest BCUT2D eigenvalue weighted by atomic mass is 16.5. The molecule has 0 radical (unpaired) electrons. The third kappa shape index (κ3) is 3.22. The van der Waals surface area contributed by atoms with Crippen molar-refractivity contribution in [3.8, 4) is 11.5 Å². The van der Waals surface area contributed by atoms with Crippen molar-refractivity contribution in [1.29, 1.82) is 0 Å². The van der Waals surface area contributed by atoms with Crippen molar-refractivity contribution in [2.75, 3.05) is 7.05 Å². The van der Waals surface area contributed by atoms with Crippen molar-refractivity contribution in [1.82, 2.24) is 19.8 Å². The Morgan fingerprint density at radius 1 is 1.23 bits per heavy atom. The molecule has 2 fully saturated rings. The Kier molecular flexibility index (Phi) is 4.86. The number of hydrogen-bond donors (Lipinski definition) is 2. The number of nitrogens with one attached hydrogen (secondary N) is 1. The molecule has 0 saturated carbocycles. The Morgan fingerprint density at radius 2 is 2.06 bits per heavy atom. The summed E-state index contributed by atoms with van der Waals surface area (Å²) >= 11 is 0. The number of rotatable bonds is 4. The van der Waals surface area contributed by atoms with Gasteiger partial charge in [-0.05, 0) is 50.8 Å². The molecule has 2 aliphatic heterocycles. The van der Waals surface area contributed by atoms with E-state index in [0.29, 0.717) is 51.3 Å². The molecule has 35 heavy (non-hydrogen) atoms. The minimum Gasteiger partial charge on any atom is -0.460 e. The number of carbonyl (C=O) groups is 2. The molecule has 9 nitrogen and oxygen atoms in total. The van der Waals surface area contributed by atoms with Crippen molar-refractivity contribution in [2.45, 2.75) is 51.3 Å². The van der Waals surface area contributed by atoms with Gasteiger partial charge in [0.15, 0.2) is 5.75 Å². The lowest BCUT2D eigenvalue weighted by Gasteiger charge is -2.22. The van der Waals surface area contributed by atoms with E-state index in [1.54, 1.807) is 55.1 Å². The molecule has 0 unspecified atom stereocenters. The molecular weight excluding hydrogens is 448 g/mol. The van der Waals surface area contributed by atoms with Crippen LogP contribution in [0.25, 0.3) is 16.5 Å². The molecule has 1 aromatic carbocycles. The Bertz CT molecular complexity index is 1500. The summed E-state index contributed by atoms with van der Waals surface area (Å²) in [6.45, 7) is 3.64. The fourth-order valence-electron chi connectivity index (χ4n) is 5.73. The van der Waals surface area contributed by atoms with E-state index in [9.17, 15) is 14.7 Å². The van der Waals surface area contributed by atoms with Gasteiger partial charge in [-0.25, -0.2) is 4.52 Å². The zero-order valence-electron chi connectivity index (χ0n) is 19.7. The highest BCUT2D eigenvalue weighted by Crippen LogP contribution is 2.40. The quantitative estimate of drug-likeness (QED) is 0.468. The maximum Gasteiger partial charge on any atom is 0.256 e. The summed E-state index contributed by atoms with van der Waals surface area (Å²) < 4.78 is 13.7. The van der Waals surface area contributed by atoms with Gasteiger partial charge in [-0.2, -0.15) is 5.10 Å². The highest BCUT2D eigenvalue weighted by molar-refractivity contribution is 6.07. The molecule has 2 N–H and O–H groups in total. The molecule has 6 rings (SSSR count). The molecule has 9 heteroatoms. The molecular formula is C26H26N4O5. The number of carbonyl (C=O) groups excluding carboxylic acids is 2. The van der Waals surface area contributed by atoms with Crippen LogP contribution < -0.4 is 10.1 Å². The molecule has 5 heterocycles. The first kappa shape index (κ1) is 21.7. The summed E-state index contributed by atoms with van der Waals surface area (Å²) in [5.41, 5.74) is 3.09. The first-order valence-corrected chi connectivity index (χ1v) is 11.8. The number of hydrogen-bond acceptors (Lipinski definition) is 6. The number of aliphatic hydroxyl groups is 1. The van der Waals surface area contributed by atoms with Crippen molar-refractivity contribution in [2.24, 2.45) is 0 Å². The molecule has 3 atom stereocenters. The lowest BCUT2D eigenvalue weighted by atomic mass is 9.98. The number of ether oxygens (including phenoxy) is 1. The van der Waals surface area contributed by atoms with Gasteiger partial charge >= 0.3 is 0 Å². The highest BCUT2D eigenvalue weighted by Gasteiger charge is 2.48. The monoisotopic (exact) mass is 474 g/mol. The van der Waals surface area contributed by atoms with Crippen LogP contribution in [0.1, 0.15) is 51.3 Å². The number of amides is 2. The van der Waals surface area contributed by atoms with Crippen LogP contribution in [0.3, 0.4) is 0 Å². The molecule has 2 saturated heterocycles. The topological polar surface area (TPSA) is 109 Å². The summed E-state index contributed by atoms with van der Waals surface area (Å²) in [5, 5.41) is 18.0. The maximum atomic E-state index is 13.5. The molecule has 3 aromatic heterocycles. The van der Waals surface area contributed by atoms with E-state index in [4.69, 9.17) is 9.15 Å². The number of nitrogens with zero attached hydrogens (tertiary/aromatic N) is 3. The van der Waals surface area contributed by atoms with Gasteiger partial charge in [0.2, 0.25) is 0 Å². The standard InChI is InChI=1S/C26H26N4O5/c1-13-18(26(33)30-15-4-7-19(30)20(31)10-15)12-29-24(13)21(8-9-28-29)35-16-5-6-17-22(11-16)34-14(2)23(17)25(32)27-3/h5-6,8-9,11-12,15,19-20,31H,4,7,10H2,1-3H3,(H,27,32)/t15-,19+,20+/m0/s1. The first-order valence-electron chi connectivity index (χ1n) is 11.8. The van der Waals surface area contributed by atoms with E-state index < -0.39 is 6.10 Å². The summed E-state index contributed by atoms with van der Waals surface area (Å²) in [4.78, 5) is 27.5. The van der Waals surface area contributed by atoms with Gasteiger partial charge in [-0.1, -0.05) is 0 Å². The predicted molar refractivity (Wildman–Crippen MR) is 128 cm³/mol. The van der Waals surface area contributed by atoms with Crippen molar-refractivity contribution >= 4 is 28.3 Å². The van der Waals surface area contributed by atoms with Gasteiger partial charge in [-0.15, -0.1) is 0 Å². The minimum atomic E-state index is -0.448. The SMILES string of the molecule is CNC(=O)c1c(C)oc2cc(Oc3ccnn4cc(C(=O)N5[C@H]6CC[C@@H]5[C@H](O)C6)c(C)c34)ccc12. The van der Waals surface area contributed by atoms with E-state index in [1.165, 1.54) is 0 Å². The molecule has 4 aromatic rings. The number of furan rings is 1. The fourth-order valence-corrected chi connectivity index (χ4v) is 5.73. The summed E-state index contributed by atoms with van der Waals surface area (Å²) in [5.74, 6) is 1.35. The average molecular weight is 475 g/mol. The largest absolute Gasteiger partial charge is 0.460 e. The Hall–Kier alpha value is -3.85. The summed E-state index contributed by atoms with van der Waals surface area (Å²) in [6.07, 6.45) is 5.33. The van der Waals surface area contributed by atoms with Crippen molar-refractivity contribution in [3.05, 3.63) is 59.1 Å². The van der Waals surface area contributed by atoms with Crippen LogP contribution in [-0.4, -0.2) is 56.7 Å². The van der Waals surface area contributed by atoms with Crippen molar-refractivity contribution < 1.29 is 23.8 Å². The first-order chi connectivity index (χ1) is 16.9. The molecule has 0 aliphatic carbocycles. The van der Waals surface area contributed by atoms with Gasteiger partial charge < -0.3 is 24.5 Å². The summed E-state index contributed by atoms with van der Waals surface area (Å²) in [7, 11) is 1.59. The zero-order valence-corrected chi connectivity index (χ0v) is 19.7. The van der Waals surface area contributed by atoms with E-state index in [2.05, 4.69) is 10.4 Å². The predicted octanol–water partition coefficient (Wildman–Crippen LogP) is 3.59. The second-order valence-electron chi connectivity index (χ2n) is 9.34. The van der Waals surface area contributed by atoms with E-state index in [-0.39, 0.29) is 23.9 Å². The van der Waals surface area contributed by atoms with E-state index in [0.717, 1.165) is 18.4 Å². The molecule has 0 spiro atoms. The molecule has 180 valence electrons. The van der Waals surface area contributed by atoms with Crippen LogP contribution in [0.15, 0.2) is 41.1 Å². The fraction of sp³-hybridized carbons (Fsp3) is 0.346. The summed E-state index contributed by atoms with van der Waals surface area (Å²) in [6, 6.07) is 7.08. The normalized spacial score (nSPS) is 21.3. The second kappa shape index (κ2) is 7.84. The number of aryl methyl sites for hydroxylation is 2. The Morgan fingerprint density at radius 3 is 2.77 bits per heavy atom. The van der Waals surface area contributed by atoms with Crippen LogP contribution in [0.4, 0.5) is 0 Å². The molecule has 2 bridgehead atoms. The minimum absolute atomic E-state index is 0.0720.